The van der Waals surface area contributed by atoms with Crippen molar-refractivity contribution in [1.29, 1.82) is 5.26 Å². The number of rotatable bonds is 8. The van der Waals surface area contributed by atoms with Crippen LogP contribution in [-0.4, -0.2) is 36.9 Å². The average Bonchev–Trinajstić information content (AvgIpc) is 2.44. The van der Waals surface area contributed by atoms with Crippen LogP contribution in [0.4, 0.5) is 0 Å². The normalized spacial score (nSPS) is 10.2. The van der Waals surface area contributed by atoms with Crippen LogP contribution in [0.5, 0.6) is 5.75 Å². The van der Waals surface area contributed by atoms with Gasteiger partial charge in [0.1, 0.15) is 5.75 Å². The molecule has 0 saturated heterocycles. The molecule has 0 aromatic heterocycles. The Morgan fingerprint density at radius 1 is 1.37 bits per heavy atom. The fourth-order valence-electron chi connectivity index (χ4n) is 1.82. The maximum Gasteiger partial charge on any atom is 0.180 e. The van der Waals surface area contributed by atoms with Crippen molar-refractivity contribution in [3.05, 3.63) is 29.8 Å². The first-order chi connectivity index (χ1) is 9.22. The highest BCUT2D eigenvalue weighted by atomic mass is 16.5. The summed E-state index contributed by atoms with van der Waals surface area (Å²) in [6.07, 6.45) is 0.439. The largest absolute Gasteiger partial charge is 0.493 e. The molecule has 0 saturated carbocycles. The molecule has 0 aliphatic carbocycles. The molecule has 4 nitrogen and oxygen atoms in total. The van der Waals surface area contributed by atoms with E-state index in [2.05, 4.69) is 6.07 Å². The molecule has 4 heteroatoms. The van der Waals surface area contributed by atoms with Crippen molar-refractivity contribution in [2.24, 2.45) is 0 Å². The number of ketones is 1. The van der Waals surface area contributed by atoms with Gasteiger partial charge in [0, 0.05) is 13.0 Å². The molecular weight excluding hydrogens is 240 g/mol. The summed E-state index contributed by atoms with van der Waals surface area (Å²) in [6.45, 7) is 6.11. The Kier molecular flexibility index (Phi) is 6.62. The lowest BCUT2D eigenvalue weighted by Gasteiger charge is -2.18. The number of benzene rings is 1. The van der Waals surface area contributed by atoms with Gasteiger partial charge in [0.05, 0.1) is 24.8 Å². The van der Waals surface area contributed by atoms with Crippen molar-refractivity contribution in [2.75, 3.05) is 26.2 Å². The Morgan fingerprint density at radius 2 is 2.11 bits per heavy atom. The second-order valence-corrected chi connectivity index (χ2v) is 4.13. The standard InChI is InChI=1S/C15H20N2O2/c1-3-17(11-7-10-16)12-14(18)13-8-5-6-9-15(13)19-4-2/h5-6,8-9H,3-4,7,11-12H2,1-2H3. The number of hydrogen-bond acceptors (Lipinski definition) is 4. The van der Waals surface area contributed by atoms with E-state index in [4.69, 9.17) is 10.00 Å². The number of nitriles is 1. The molecule has 1 rings (SSSR count). The predicted molar refractivity (Wildman–Crippen MR) is 74.3 cm³/mol. The monoisotopic (exact) mass is 260 g/mol. The molecule has 102 valence electrons. The van der Waals surface area contributed by atoms with Crippen LogP contribution < -0.4 is 4.74 Å². The number of hydrogen-bond donors (Lipinski definition) is 0. The van der Waals surface area contributed by atoms with Crippen LogP contribution in [0.2, 0.25) is 0 Å². The Hall–Kier alpha value is -1.86. The first-order valence-electron chi connectivity index (χ1n) is 6.57. The molecular formula is C15H20N2O2. The van der Waals surface area contributed by atoms with Crippen LogP contribution in [-0.2, 0) is 0 Å². The van der Waals surface area contributed by atoms with E-state index in [1.807, 2.05) is 36.9 Å². The Balaban J connectivity index is 2.74. The molecule has 0 N–H and O–H groups in total. The molecule has 1 aromatic carbocycles. The molecule has 0 heterocycles. The van der Waals surface area contributed by atoms with Gasteiger partial charge in [-0.3, -0.25) is 9.69 Å². The van der Waals surface area contributed by atoms with Gasteiger partial charge < -0.3 is 4.74 Å². The highest BCUT2D eigenvalue weighted by Gasteiger charge is 2.15. The lowest BCUT2D eigenvalue weighted by Crippen LogP contribution is -2.30. The molecule has 0 unspecified atom stereocenters. The van der Waals surface area contributed by atoms with Gasteiger partial charge in [-0.1, -0.05) is 19.1 Å². The van der Waals surface area contributed by atoms with E-state index in [0.29, 0.717) is 37.4 Å². The molecule has 19 heavy (non-hydrogen) atoms. The molecule has 0 fully saturated rings. The number of para-hydroxylation sites is 1. The maximum atomic E-state index is 12.3. The third-order valence-electron chi connectivity index (χ3n) is 2.84. The van der Waals surface area contributed by atoms with Gasteiger partial charge in [-0.2, -0.15) is 5.26 Å². The van der Waals surface area contributed by atoms with E-state index in [1.54, 1.807) is 6.07 Å². The third kappa shape index (κ3) is 4.72. The first kappa shape index (κ1) is 15.2. The van der Waals surface area contributed by atoms with Crippen molar-refractivity contribution >= 4 is 5.78 Å². The minimum Gasteiger partial charge on any atom is -0.493 e. The quantitative estimate of drug-likeness (QED) is 0.674. The summed E-state index contributed by atoms with van der Waals surface area (Å²) in [5.41, 5.74) is 0.611. The van der Waals surface area contributed by atoms with E-state index >= 15 is 0 Å². The highest BCUT2D eigenvalue weighted by Crippen LogP contribution is 2.18. The average molecular weight is 260 g/mol. The predicted octanol–water partition coefficient (Wildman–Crippen LogP) is 2.50. The number of Topliss-reactive ketones (excluding diaryl/α,β-unsaturated/α-hetero) is 1. The number of carbonyl (C=O) groups excluding carboxylic acids is 1. The van der Waals surface area contributed by atoms with Gasteiger partial charge in [0.15, 0.2) is 5.78 Å². The van der Waals surface area contributed by atoms with Crippen LogP contribution in [0.25, 0.3) is 0 Å². The molecule has 0 bridgehead atoms. The van der Waals surface area contributed by atoms with Gasteiger partial charge in [-0.05, 0) is 25.6 Å². The number of nitrogens with zero attached hydrogens (tertiary/aromatic N) is 2. The lowest BCUT2D eigenvalue weighted by atomic mass is 10.1. The fraction of sp³-hybridized carbons (Fsp3) is 0.467. The zero-order valence-electron chi connectivity index (χ0n) is 11.6. The zero-order chi connectivity index (χ0) is 14.1. The van der Waals surface area contributed by atoms with Crippen molar-refractivity contribution in [3.63, 3.8) is 0 Å². The van der Waals surface area contributed by atoms with Gasteiger partial charge in [0.2, 0.25) is 0 Å². The van der Waals surface area contributed by atoms with Crippen molar-refractivity contribution in [2.45, 2.75) is 20.3 Å². The SMILES string of the molecule is CCOc1ccccc1C(=O)CN(CC)CCC#N. The Morgan fingerprint density at radius 3 is 2.74 bits per heavy atom. The van der Waals surface area contributed by atoms with Crippen molar-refractivity contribution < 1.29 is 9.53 Å². The number of likely N-dealkylation sites (N-methyl/N-ethyl adjacent to an activating group) is 1. The van der Waals surface area contributed by atoms with Crippen LogP contribution >= 0.6 is 0 Å². The zero-order valence-corrected chi connectivity index (χ0v) is 11.6. The second kappa shape index (κ2) is 8.28. The summed E-state index contributed by atoms with van der Waals surface area (Å²) in [5, 5.41) is 8.59. The van der Waals surface area contributed by atoms with Crippen molar-refractivity contribution in [3.8, 4) is 11.8 Å². The van der Waals surface area contributed by atoms with Crippen molar-refractivity contribution in [1.82, 2.24) is 4.90 Å². The molecule has 0 aliphatic heterocycles. The molecule has 0 radical (unpaired) electrons. The summed E-state index contributed by atoms with van der Waals surface area (Å²) < 4.78 is 5.46. The van der Waals surface area contributed by atoms with E-state index in [0.717, 1.165) is 6.54 Å². The molecule has 0 aliphatic rings. The number of carbonyl (C=O) groups is 1. The maximum absolute atomic E-state index is 12.3. The summed E-state index contributed by atoms with van der Waals surface area (Å²) >= 11 is 0. The van der Waals surface area contributed by atoms with Gasteiger partial charge >= 0.3 is 0 Å². The minimum absolute atomic E-state index is 0.0313. The van der Waals surface area contributed by atoms with Crippen LogP contribution in [0, 0.1) is 11.3 Å². The Labute approximate surface area is 114 Å². The van der Waals surface area contributed by atoms with Gasteiger partial charge in [0.25, 0.3) is 0 Å². The summed E-state index contributed by atoms with van der Waals surface area (Å²) in [7, 11) is 0. The number of ether oxygens (including phenoxy) is 1. The topological polar surface area (TPSA) is 53.3 Å². The fourth-order valence-corrected chi connectivity index (χ4v) is 1.82. The molecule has 0 spiro atoms. The van der Waals surface area contributed by atoms with Crippen LogP contribution in [0.15, 0.2) is 24.3 Å². The second-order valence-electron chi connectivity index (χ2n) is 4.13. The molecule has 1 aromatic rings. The summed E-state index contributed by atoms with van der Waals surface area (Å²) in [5.74, 6) is 0.662. The Bertz CT molecular complexity index is 452. The summed E-state index contributed by atoms with van der Waals surface area (Å²) in [6, 6.07) is 9.38. The summed E-state index contributed by atoms with van der Waals surface area (Å²) in [4.78, 5) is 14.2. The van der Waals surface area contributed by atoms with E-state index in [-0.39, 0.29) is 5.78 Å². The molecule has 0 amide bonds. The van der Waals surface area contributed by atoms with Gasteiger partial charge in [-0.15, -0.1) is 0 Å². The van der Waals surface area contributed by atoms with Crippen LogP contribution in [0.3, 0.4) is 0 Å². The first-order valence-corrected chi connectivity index (χ1v) is 6.57. The molecule has 0 atom stereocenters. The van der Waals surface area contributed by atoms with Crippen LogP contribution in [0.1, 0.15) is 30.6 Å². The van der Waals surface area contributed by atoms with E-state index in [1.165, 1.54) is 0 Å². The van der Waals surface area contributed by atoms with Gasteiger partial charge in [-0.25, -0.2) is 0 Å². The van der Waals surface area contributed by atoms with E-state index < -0.39 is 0 Å². The minimum atomic E-state index is 0.0313. The lowest BCUT2D eigenvalue weighted by molar-refractivity contribution is 0.0931. The third-order valence-corrected chi connectivity index (χ3v) is 2.84. The smallest absolute Gasteiger partial charge is 0.180 e. The van der Waals surface area contributed by atoms with E-state index in [9.17, 15) is 4.79 Å². The highest BCUT2D eigenvalue weighted by molar-refractivity contribution is 6.00.